The van der Waals surface area contributed by atoms with Gasteiger partial charge in [0.05, 0.1) is 6.04 Å². The standard InChI is InChI=1S/C17H22N2O2/c1-3-11-21-14-9-5-12(6-10-14)16-18-15(4-2)17(20)19(16)13-7-8-13/h3,5-6,9-10,13,15-16,18H,1,4,7-8,11H2,2H3. The summed E-state index contributed by atoms with van der Waals surface area (Å²) in [6.07, 6.45) is 4.82. The second-order valence-electron chi connectivity index (χ2n) is 5.68. The fourth-order valence-corrected chi connectivity index (χ4v) is 2.84. The van der Waals surface area contributed by atoms with Crippen LogP contribution in [-0.4, -0.2) is 29.5 Å². The second kappa shape index (κ2) is 5.90. The lowest BCUT2D eigenvalue weighted by atomic mass is 10.1. The third-order valence-electron chi connectivity index (χ3n) is 4.10. The van der Waals surface area contributed by atoms with E-state index in [4.69, 9.17) is 4.74 Å². The largest absolute Gasteiger partial charge is 0.490 e. The summed E-state index contributed by atoms with van der Waals surface area (Å²) in [5.74, 6) is 1.07. The molecule has 1 aliphatic heterocycles. The third kappa shape index (κ3) is 2.81. The minimum atomic E-state index is -0.0488. The molecule has 1 heterocycles. The molecule has 0 spiro atoms. The van der Waals surface area contributed by atoms with Crippen LogP contribution in [-0.2, 0) is 4.79 Å². The number of hydrogen-bond donors (Lipinski definition) is 1. The Morgan fingerprint density at radius 1 is 1.38 bits per heavy atom. The molecule has 1 aromatic rings. The van der Waals surface area contributed by atoms with Gasteiger partial charge in [0.1, 0.15) is 18.5 Å². The maximum absolute atomic E-state index is 12.4. The van der Waals surface area contributed by atoms with Crippen LogP contribution >= 0.6 is 0 Å². The van der Waals surface area contributed by atoms with E-state index < -0.39 is 0 Å². The van der Waals surface area contributed by atoms with Crippen molar-refractivity contribution in [2.75, 3.05) is 6.61 Å². The number of benzene rings is 1. The lowest BCUT2D eigenvalue weighted by Gasteiger charge is -2.24. The first-order valence-electron chi connectivity index (χ1n) is 7.66. The van der Waals surface area contributed by atoms with Crippen LogP contribution < -0.4 is 10.1 Å². The van der Waals surface area contributed by atoms with Crippen molar-refractivity contribution in [3.8, 4) is 5.75 Å². The molecule has 2 unspecified atom stereocenters. The molecule has 3 rings (SSSR count). The Morgan fingerprint density at radius 3 is 2.67 bits per heavy atom. The van der Waals surface area contributed by atoms with Crippen LogP contribution in [0.4, 0.5) is 0 Å². The summed E-state index contributed by atoms with van der Waals surface area (Å²) in [6, 6.07) is 8.36. The van der Waals surface area contributed by atoms with Crippen LogP contribution in [0.3, 0.4) is 0 Å². The average Bonchev–Trinajstić information content (AvgIpc) is 3.29. The van der Waals surface area contributed by atoms with Gasteiger partial charge in [-0.2, -0.15) is 0 Å². The molecule has 2 fully saturated rings. The van der Waals surface area contributed by atoms with Crippen LogP contribution in [0.2, 0.25) is 0 Å². The van der Waals surface area contributed by atoms with Gasteiger partial charge >= 0.3 is 0 Å². The highest BCUT2D eigenvalue weighted by Gasteiger charge is 2.45. The normalized spacial score (nSPS) is 25.2. The highest BCUT2D eigenvalue weighted by atomic mass is 16.5. The Kier molecular flexibility index (Phi) is 3.97. The van der Waals surface area contributed by atoms with E-state index in [0.29, 0.717) is 12.6 Å². The van der Waals surface area contributed by atoms with Gasteiger partial charge in [0.2, 0.25) is 5.91 Å². The van der Waals surface area contributed by atoms with Crippen molar-refractivity contribution in [2.45, 2.75) is 44.4 Å². The van der Waals surface area contributed by atoms with Crippen molar-refractivity contribution in [2.24, 2.45) is 0 Å². The Morgan fingerprint density at radius 2 is 2.10 bits per heavy atom. The summed E-state index contributed by atoms with van der Waals surface area (Å²) in [6.45, 7) is 6.20. The molecule has 1 saturated heterocycles. The molecule has 112 valence electrons. The molecule has 1 aromatic carbocycles. The van der Waals surface area contributed by atoms with Crippen LogP contribution in [0.5, 0.6) is 5.75 Å². The van der Waals surface area contributed by atoms with Gasteiger partial charge in [-0.1, -0.05) is 31.7 Å². The maximum Gasteiger partial charge on any atom is 0.241 e. The quantitative estimate of drug-likeness (QED) is 0.817. The van der Waals surface area contributed by atoms with Crippen molar-refractivity contribution in [3.05, 3.63) is 42.5 Å². The van der Waals surface area contributed by atoms with E-state index in [-0.39, 0.29) is 18.1 Å². The van der Waals surface area contributed by atoms with E-state index in [1.807, 2.05) is 29.2 Å². The Hall–Kier alpha value is -1.81. The summed E-state index contributed by atoms with van der Waals surface area (Å²) in [7, 11) is 0. The van der Waals surface area contributed by atoms with Crippen molar-refractivity contribution in [1.29, 1.82) is 0 Å². The summed E-state index contributed by atoms with van der Waals surface area (Å²) in [5.41, 5.74) is 1.12. The molecular weight excluding hydrogens is 264 g/mol. The zero-order valence-electron chi connectivity index (χ0n) is 12.4. The van der Waals surface area contributed by atoms with Crippen molar-refractivity contribution in [1.82, 2.24) is 10.2 Å². The SMILES string of the molecule is C=CCOc1ccc(C2NC(CC)C(=O)N2C2CC2)cc1. The molecule has 1 amide bonds. The molecule has 2 atom stereocenters. The van der Waals surface area contributed by atoms with E-state index in [0.717, 1.165) is 30.6 Å². The van der Waals surface area contributed by atoms with E-state index in [9.17, 15) is 4.79 Å². The van der Waals surface area contributed by atoms with Crippen LogP contribution in [0, 0.1) is 0 Å². The number of nitrogens with zero attached hydrogens (tertiary/aromatic N) is 1. The number of carbonyl (C=O) groups excluding carboxylic acids is 1. The first-order chi connectivity index (χ1) is 10.2. The summed E-state index contributed by atoms with van der Waals surface area (Å²) in [4.78, 5) is 14.5. The zero-order chi connectivity index (χ0) is 14.8. The molecular formula is C17H22N2O2. The highest BCUT2D eigenvalue weighted by molar-refractivity contribution is 5.85. The van der Waals surface area contributed by atoms with Crippen LogP contribution in [0.15, 0.2) is 36.9 Å². The Bertz CT molecular complexity index is 522. The van der Waals surface area contributed by atoms with Gasteiger partial charge in [-0.15, -0.1) is 0 Å². The van der Waals surface area contributed by atoms with Crippen molar-refractivity contribution < 1.29 is 9.53 Å². The van der Waals surface area contributed by atoms with Gasteiger partial charge in [0.15, 0.2) is 0 Å². The number of ether oxygens (including phenoxy) is 1. The fraction of sp³-hybridized carbons (Fsp3) is 0.471. The minimum Gasteiger partial charge on any atom is -0.490 e. The molecule has 4 nitrogen and oxygen atoms in total. The topological polar surface area (TPSA) is 41.6 Å². The predicted molar refractivity (Wildman–Crippen MR) is 82.0 cm³/mol. The lowest BCUT2D eigenvalue weighted by Crippen LogP contribution is -2.32. The lowest BCUT2D eigenvalue weighted by molar-refractivity contribution is -0.130. The Labute approximate surface area is 125 Å². The maximum atomic E-state index is 12.4. The summed E-state index contributed by atoms with van der Waals surface area (Å²) < 4.78 is 5.50. The van der Waals surface area contributed by atoms with Gasteiger partial charge in [-0.05, 0) is 37.0 Å². The van der Waals surface area contributed by atoms with Gasteiger partial charge < -0.3 is 9.64 Å². The number of rotatable bonds is 6. The molecule has 1 saturated carbocycles. The van der Waals surface area contributed by atoms with E-state index in [1.165, 1.54) is 0 Å². The van der Waals surface area contributed by atoms with Crippen molar-refractivity contribution >= 4 is 5.91 Å². The molecule has 2 aliphatic rings. The third-order valence-corrected chi connectivity index (χ3v) is 4.10. The molecule has 0 bridgehead atoms. The number of carbonyl (C=O) groups is 1. The van der Waals surface area contributed by atoms with Crippen molar-refractivity contribution in [3.63, 3.8) is 0 Å². The predicted octanol–water partition coefficient (Wildman–Crippen LogP) is 2.62. The first-order valence-corrected chi connectivity index (χ1v) is 7.66. The molecule has 0 aromatic heterocycles. The van der Waals surface area contributed by atoms with Gasteiger partial charge in [0.25, 0.3) is 0 Å². The van der Waals surface area contributed by atoms with Crippen LogP contribution in [0.25, 0.3) is 0 Å². The number of hydrogen-bond acceptors (Lipinski definition) is 3. The first kappa shape index (κ1) is 14.1. The highest BCUT2D eigenvalue weighted by Crippen LogP contribution is 2.38. The average molecular weight is 286 g/mol. The monoisotopic (exact) mass is 286 g/mol. The smallest absolute Gasteiger partial charge is 0.241 e. The summed E-state index contributed by atoms with van der Waals surface area (Å²) in [5, 5.41) is 3.46. The molecule has 21 heavy (non-hydrogen) atoms. The molecule has 4 heteroatoms. The van der Waals surface area contributed by atoms with Gasteiger partial charge in [-0.25, -0.2) is 0 Å². The second-order valence-corrected chi connectivity index (χ2v) is 5.68. The van der Waals surface area contributed by atoms with Gasteiger partial charge in [-0.3, -0.25) is 10.1 Å². The zero-order valence-corrected chi connectivity index (χ0v) is 12.4. The number of amides is 1. The molecule has 1 N–H and O–H groups in total. The number of nitrogens with one attached hydrogen (secondary N) is 1. The minimum absolute atomic E-state index is 0.00315. The Balaban J connectivity index is 1.78. The van der Waals surface area contributed by atoms with E-state index in [2.05, 4.69) is 18.8 Å². The van der Waals surface area contributed by atoms with E-state index in [1.54, 1.807) is 6.08 Å². The fourth-order valence-electron chi connectivity index (χ4n) is 2.84. The van der Waals surface area contributed by atoms with Gasteiger partial charge in [0, 0.05) is 6.04 Å². The van der Waals surface area contributed by atoms with E-state index >= 15 is 0 Å². The molecule has 1 aliphatic carbocycles. The van der Waals surface area contributed by atoms with Crippen LogP contribution in [0.1, 0.15) is 37.9 Å². The molecule has 0 radical (unpaired) electrons. The summed E-state index contributed by atoms with van der Waals surface area (Å²) >= 11 is 0.